The molecule has 0 unspecified atom stereocenters. The normalized spacial score (nSPS) is 23.1. The lowest BCUT2D eigenvalue weighted by molar-refractivity contribution is -0.147. The number of nitrogens with one attached hydrogen (secondary N) is 1. The topological polar surface area (TPSA) is 92.8 Å². The van der Waals surface area contributed by atoms with Crippen LogP contribution in [-0.4, -0.2) is 41.7 Å². The molecule has 7 rings (SSSR count). The molecule has 39 heavy (non-hydrogen) atoms. The molecule has 2 bridgehead atoms. The first-order valence-electron chi connectivity index (χ1n) is 13.5. The second kappa shape index (κ2) is 9.80. The third kappa shape index (κ3) is 3.87. The average Bonchev–Trinajstić information content (AvgIpc) is 3.23. The van der Waals surface area contributed by atoms with E-state index in [1.54, 1.807) is 24.3 Å². The second-order valence-electron chi connectivity index (χ2n) is 10.5. The molecular weight excluding hydrogens is 492 g/mol. The summed E-state index contributed by atoms with van der Waals surface area (Å²) in [6.45, 7) is 2.02. The number of unbranched alkanes of at least 4 members (excludes halogenated alkanes) is 1. The summed E-state index contributed by atoms with van der Waals surface area (Å²) in [4.78, 5) is 55.0. The number of methoxy groups -OCH3 is 1. The molecule has 0 saturated carbocycles. The van der Waals surface area contributed by atoms with Crippen molar-refractivity contribution in [3.05, 3.63) is 101 Å². The van der Waals surface area contributed by atoms with Gasteiger partial charge in [0, 0.05) is 17.5 Å². The van der Waals surface area contributed by atoms with Gasteiger partial charge in [0.2, 0.25) is 17.7 Å². The highest BCUT2D eigenvalue weighted by Crippen LogP contribution is 2.61. The summed E-state index contributed by atoms with van der Waals surface area (Å²) in [6, 6.07) is 21.7. The van der Waals surface area contributed by atoms with Crippen molar-refractivity contribution < 1.29 is 23.9 Å². The number of rotatable bonds is 7. The van der Waals surface area contributed by atoms with Gasteiger partial charge in [-0.3, -0.25) is 19.3 Å². The average molecular weight is 523 g/mol. The number of nitrogens with zero attached hydrogens (tertiary/aromatic N) is 1. The van der Waals surface area contributed by atoms with Crippen LogP contribution in [0.25, 0.3) is 0 Å². The molecule has 3 aliphatic carbocycles. The third-order valence-electron chi connectivity index (χ3n) is 8.50. The van der Waals surface area contributed by atoms with E-state index in [1.165, 1.54) is 12.0 Å². The lowest BCUT2D eigenvalue weighted by atomic mass is 9.55. The molecule has 0 aromatic heterocycles. The molecule has 7 nitrogen and oxygen atoms in total. The molecular formula is C32H30N2O5. The summed E-state index contributed by atoms with van der Waals surface area (Å²) in [5.74, 6) is -2.88. The van der Waals surface area contributed by atoms with Crippen LogP contribution in [-0.2, 0) is 19.1 Å². The summed E-state index contributed by atoms with van der Waals surface area (Å²) in [6.07, 6.45) is 1.90. The molecule has 0 radical (unpaired) electrons. The molecule has 4 aliphatic rings. The van der Waals surface area contributed by atoms with Crippen LogP contribution in [0.1, 0.15) is 70.6 Å². The van der Waals surface area contributed by atoms with E-state index in [1.807, 2.05) is 31.2 Å². The molecule has 3 aromatic rings. The van der Waals surface area contributed by atoms with Crippen LogP contribution in [0.15, 0.2) is 72.8 Å². The largest absolute Gasteiger partial charge is 0.465 e. The fourth-order valence-electron chi connectivity index (χ4n) is 6.82. The number of hydrogen-bond donors (Lipinski definition) is 1. The SMILES string of the molecule is CCCC[C@@H](C(=O)Nc1ccc(C(=O)OC)cc1)N1C(=O)[C@H]2C3c4ccccc4C(c4ccccc43)[C@@H]2C1=O. The Morgan fingerprint density at radius 2 is 1.31 bits per heavy atom. The van der Waals surface area contributed by atoms with E-state index in [4.69, 9.17) is 4.74 Å². The van der Waals surface area contributed by atoms with E-state index in [0.29, 0.717) is 24.1 Å². The Hall–Kier alpha value is -4.26. The van der Waals surface area contributed by atoms with Crippen LogP contribution in [0.2, 0.25) is 0 Å². The monoisotopic (exact) mass is 522 g/mol. The summed E-state index contributed by atoms with van der Waals surface area (Å²) >= 11 is 0. The van der Waals surface area contributed by atoms with Crippen molar-refractivity contribution in [3.8, 4) is 0 Å². The number of amides is 3. The first-order valence-corrected chi connectivity index (χ1v) is 13.5. The number of ether oxygens (including phenoxy) is 1. The van der Waals surface area contributed by atoms with E-state index in [-0.39, 0.29) is 23.7 Å². The van der Waals surface area contributed by atoms with Gasteiger partial charge in [-0.05, 0) is 52.9 Å². The minimum absolute atomic E-state index is 0.213. The molecule has 3 aromatic carbocycles. The van der Waals surface area contributed by atoms with Crippen LogP contribution >= 0.6 is 0 Å². The van der Waals surface area contributed by atoms with Crippen LogP contribution in [0.5, 0.6) is 0 Å². The molecule has 1 saturated heterocycles. The Morgan fingerprint density at radius 1 is 0.821 bits per heavy atom. The van der Waals surface area contributed by atoms with Crippen molar-refractivity contribution in [1.82, 2.24) is 4.90 Å². The van der Waals surface area contributed by atoms with E-state index in [9.17, 15) is 19.2 Å². The maximum atomic E-state index is 14.1. The zero-order chi connectivity index (χ0) is 27.3. The highest BCUT2D eigenvalue weighted by Gasteiger charge is 2.62. The highest BCUT2D eigenvalue weighted by molar-refractivity contribution is 6.11. The number of esters is 1. The Kier molecular flexibility index (Phi) is 6.29. The predicted molar refractivity (Wildman–Crippen MR) is 145 cm³/mol. The zero-order valence-electron chi connectivity index (χ0n) is 21.9. The van der Waals surface area contributed by atoms with Crippen molar-refractivity contribution in [2.75, 3.05) is 12.4 Å². The molecule has 1 N–H and O–H groups in total. The Labute approximate surface area is 227 Å². The first-order chi connectivity index (χ1) is 19.0. The maximum Gasteiger partial charge on any atom is 0.337 e. The summed E-state index contributed by atoms with van der Waals surface area (Å²) in [5, 5.41) is 2.87. The van der Waals surface area contributed by atoms with Gasteiger partial charge in [-0.15, -0.1) is 0 Å². The maximum absolute atomic E-state index is 14.1. The number of hydrogen-bond acceptors (Lipinski definition) is 5. The van der Waals surface area contributed by atoms with E-state index >= 15 is 0 Å². The summed E-state index contributed by atoms with van der Waals surface area (Å²) in [7, 11) is 1.31. The van der Waals surface area contributed by atoms with Crippen molar-refractivity contribution >= 4 is 29.4 Å². The third-order valence-corrected chi connectivity index (χ3v) is 8.50. The number of benzene rings is 3. The predicted octanol–water partition coefficient (Wildman–Crippen LogP) is 4.86. The minimum Gasteiger partial charge on any atom is -0.465 e. The molecule has 7 heteroatoms. The van der Waals surface area contributed by atoms with Gasteiger partial charge in [0.25, 0.3) is 0 Å². The zero-order valence-corrected chi connectivity index (χ0v) is 21.9. The first kappa shape index (κ1) is 25.0. The molecule has 0 spiro atoms. The van der Waals surface area contributed by atoms with Crippen molar-refractivity contribution in [2.24, 2.45) is 11.8 Å². The van der Waals surface area contributed by atoms with Gasteiger partial charge in [-0.1, -0.05) is 68.3 Å². The number of carbonyl (C=O) groups excluding carboxylic acids is 4. The number of anilines is 1. The standard InChI is InChI=1S/C32H30N2O5/c1-3-4-13-24(29(35)33-19-16-14-18(15-17-19)32(38)39-2)34-30(36)27-25-20-9-5-6-10-21(20)26(28(27)31(34)37)23-12-8-7-11-22(23)25/h5-12,14-17,24-28H,3-4,13H2,1-2H3,(H,33,35)/t24-,25?,26?,27-,28-/m0/s1. The number of likely N-dealkylation sites (tertiary alicyclic amines) is 1. The van der Waals surface area contributed by atoms with Gasteiger partial charge < -0.3 is 10.1 Å². The molecule has 1 fully saturated rings. The van der Waals surface area contributed by atoms with Gasteiger partial charge in [0.15, 0.2) is 0 Å². The quantitative estimate of drug-likeness (QED) is 0.353. The lowest BCUT2D eigenvalue weighted by Gasteiger charge is -2.45. The van der Waals surface area contributed by atoms with E-state index < -0.39 is 29.8 Å². The summed E-state index contributed by atoms with van der Waals surface area (Å²) in [5.41, 5.74) is 5.25. The van der Waals surface area contributed by atoms with Crippen LogP contribution in [0.4, 0.5) is 5.69 Å². The minimum atomic E-state index is -0.915. The van der Waals surface area contributed by atoms with Crippen LogP contribution in [0.3, 0.4) is 0 Å². The fraction of sp³-hybridized carbons (Fsp3) is 0.312. The van der Waals surface area contributed by atoms with Crippen LogP contribution < -0.4 is 5.32 Å². The molecule has 198 valence electrons. The Balaban J connectivity index is 1.34. The molecule has 1 heterocycles. The van der Waals surface area contributed by atoms with Gasteiger partial charge in [0.1, 0.15) is 6.04 Å². The molecule has 3 atom stereocenters. The van der Waals surface area contributed by atoms with E-state index in [0.717, 1.165) is 28.7 Å². The summed E-state index contributed by atoms with van der Waals surface area (Å²) < 4.78 is 4.74. The smallest absolute Gasteiger partial charge is 0.337 e. The van der Waals surface area contributed by atoms with Crippen molar-refractivity contribution in [2.45, 2.75) is 44.1 Å². The number of carbonyl (C=O) groups is 4. The fourth-order valence-corrected chi connectivity index (χ4v) is 6.82. The Morgan fingerprint density at radius 3 is 1.74 bits per heavy atom. The highest BCUT2D eigenvalue weighted by atomic mass is 16.5. The van der Waals surface area contributed by atoms with Crippen LogP contribution in [0, 0.1) is 11.8 Å². The van der Waals surface area contributed by atoms with Gasteiger partial charge in [-0.25, -0.2) is 4.79 Å². The lowest BCUT2D eigenvalue weighted by Crippen LogP contribution is -2.48. The van der Waals surface area contributed by atoms with Gasteiger partial charge >= 0.3 is 5.97 Å². The Bertz CT molecular complexity index is 1360. The van der Waals surface area contributed by atoms with Gasteiger partial charge in [0.05, 0.1) is 24.5 Å². The molecule has 1 aliphatic heterocycles. The van der Waals surface area contributed by atoms with Crippen molar-refractivity contribution in [3.63, 3.8) is 0 Å². The van der Waals surface area contributed by atoms with Gasteiger partial charge in [-0.2, -0.15) is 0 Å². The molecule has 3 amide bonds. The van der Waals surface area contributed by atoms with E-state index in [2.05, 4.69) is 29.6 Å². The second-order valence-corrected chi connectivity index (χ2v) is 10.5. The van der Waals surface area contributed by atoms with Crippen molar-refractivity contribution in [1.29, 1.82) is 0 Å². The number of imide groups is 1.